The van der Waals surface area contributed by atoms with Crippen molar-refractivity contribution >= 4 is 26.9 Å². The lowest BCUT2D eigenvalue weighted by molar-refractivity contribution is 0.222. The molecule has 0 aliphatic carbocycles. The fourth-order valence-corrected chi connectivity index (χ4v) is 2.67. The number of nitrogens with zero attached hydrogens (tertiary/aromatic N) is 2. The molecular weight excluding hydrogens is 240 g/mol. The Hall–Kier alpha value is 0.550. The van der Waals surface area contributed by atoms with Gasteiger partial charge in [-0.25, -0.2) is 8.51 Å². The highest BCUT2D eigenvalue weighted by Crippen LogP contribution is 2.05. The van der Waals surface area contributed by atoms with Crippen molar-refractivity contribution in [3.63, 3.8) is 0 Å². The van der Waals surface area contributed by atoms with Gasteiger partial charge in [0, 0.05) is 31.9 Å². The normalized spacial score (nSPS) is 24.2. The first kappa shape index (κ1) is 10.6. The zero-order valence-electron chi connectivity index (χ0n) is 7.33. The molecule has 1 aliphatic rings. The Morgan fingerprint density at radius 1 is 1.33 bits per heavy atom. The van der Waals surface area contributed by atoms with Crippen LogP contribution in [0.15, 0.2) is 0 Å². The minimum atomic E-state index is -0.739. The highest BCUT2D eigenvalue weighted by Gasteiger charge is 2.18. The maximum atomic E-state index is 11.4. The van der Waals surface area contributed by atoms with Gasteiger partial charge in [0.1, 0.15) is 0 Å². The van der Waals surface area contributed by atoms with E-state index in [-0.39, 0.29) is 0 Å². The van der Waals surface area contributed by atoms with E-state index in [1.165, 1.54) is 0 Å². The van der Waals surface area contributed by atoms with Gasteiger partial charge in [-0.05, 0) is 0 Å². The van der Waals surface area contributed by atoms with Crippen molar-refractivity contribution in [2.24, 2.45) is 0 Å². The van der Waals surface area contributed by atoms with E-state index in [2.05, 4.69) is 25.1 Å². The second kappa shape index (κ2) is 5.32. The van der Waals surface area contributed by atoms with Gasteiger partial charge in [0.05, 0.1) is 16.4 Å². The molecule has 72 valence electrons. The van der Waals surface area contributed by atoms with Gasteiger partial charge in [0.25, 0.3) is 0 Å². The lowest BCUT2D eigenvalue weighted by atomic mass is 10.4. The first-order valence-electron chi connectivity index (χ1n) is 4.19. The summed E-state index contributed by atoms with van der Waals surface area (Å²) >= 11 is 3.42. The number of rotatable bonds is 3. The summed E-state index contributed by atoms with van der Waals surface area (Å²) in [6.45, 7) is 5.89. The van der Waals surface area contributed by atoms with Gasteiger partial charge in [-0.3, -0.25) is 4.90 Å². The molecule has 1 heterocycles. The van der Waals surface area contributed by atoms with E-state index in [0.29, 0.717) is 0 Å². The topological polar surface area (TPSA) is 23.6 Å². The zero-order valence-corrected chi connectivity index (χ0v) is 9.73. The van der Waals surface area contributed by atoms with Crippen LogP contribution in [0.2, 0.25) is 0 Å². The second-order valence-electron chi connectivity index (χ2n) is 2.78. The minimum Gasteiger partial charge on any atom is -0.291 e. The van der Waals surface area contributed by atoms with Crippen molar-refractivity contribution in [1.82, 2.24) is 9.21 Å². The van der Waals surface area contributed by atoms with Crippen LogP contribution in [0.25, 0.3) is 0 Å². The van der Waals surface area contributed by atoms with Crippen molar-refractivity contribution < 1.29 is 4.21 Å². The first-order chi connectivity index (χ1) is 5.77. The molecule has 1 rings (SSSR count). The standard InChI is InChI=1S/C7H15BrN2OS/c1-2-12(11)10-5-3-9(7-8)4-6-10/h2-7H2,1H3. The van der Waals surface area contributed by atoms with Gasteiger partial charge in [-0.15, -0.1) is 0 Å². The van der Waals surface area contributed by atoms with E-state index < -0.39 is 11.0 Å². The molecule has 0 N–H and O–H groups in total. The largest absolute Gasteiger partial charge is 0.291 e. The Balaban J connectivity index is 2.30. The van der Waals surface area contributed by atoms with Gasteiger partial charge in [-0.2, -0.15) is 0 Å². The molecule has 0 aromatic rings. The molecule has 0 saturated carbocycles. The average molecular weight is 255 g/mol. The maximum absolute atomic E-state index is 11.4. The van der Waals surface area contributed by atoms with E-state index in [1.807, 2.05) is 6.92 Å². The van der Waals surface area contributed by atoms with Crippen molar-refractivity contribution in [3.8, 4) is 0 Å². The highest BCUT2D eigenvalue weighted by molar-refractivity contribution is 9.09. The van der Waals surface area contributed by atoms with Crippen molar-refractivity contribution in [2.75, 3.05) is 37.4 Å². The predicted molar refractivity (Wildman–Crippen MR) is 55.6 cm³/mol. The van der Waals surface area contributed by atoms with Crippen LogP contribution < -0.4 is 0 Å². The molecule has 0 aromatic heterocycles. The zero-order chi connectivity index (χ0) is 8.97. The van der Waals surface area contributed by atoms with Crippen LogP contribution in [0, 0.1) is 0 Å². The average Bonchev–Trinajstić information content (AvgIpc) is 2.17. The Bertz CT molecular complexity index is 159. The molecule has 1 unspecified atom stereocenters. The quantitative estimate of drug-likeness (QED) is 0.546. The molecule has 12 heavy (non-hydrogen) atoms. The number of halogens is 1. The Morgan fingerprint density at radius 2 is 1.92 bits per heavy atom. The summed E-state index contributed by atoms with van der Waals surface area (Å²) in [4.78, 5) is 2.31. The van der Waals surface area contributed by atoms with Crippen molar-refractivity contribution in [3.05, 3.63) is 0 Å². The molecule has 3 nitrogen and oxygen atoms in total. The molecule has 0 amide bonds. The molecule has 0 spiro atoms. The monoisotopic (exact) mass is 254 g/mol. The van der Waals surface area contributed by atoms with Crippen LogP contribution in [0.3, 0.4) is 0 Å². The summed E-state index contributed by atoms with van der Waals surface area (Å²) in [6, 6.07) is 0. The Kier molecular flexibility index (Phi) is 4.71. The Morgan fingerprint density at radius 3 is 2.33 bits per heavy atom. The van der Waals surface area contributed by atoms with Crippen LogP contribution in [-0.4, -0.2) is 50.8 Å². The van der Waals surface area contributed by atoms with E-state index in [9.17, 15) is 4.21 Å². The van der Waals surface area contributed by atoms with Crippen LogP contribution in [0.5, 0.6) is 0 Å². The van der Waals surface area contributed by atoms with E-state index >= 15 is 0 Å². The molecular formula is C7H15BrN2OS. The van der Waals surface area contributed by atoms with Crippen molar-refractivity contribution in [1.29, 1.82) is 0 Å². The van der Waals surface area contributed by atoms with Gasteiger partial charge in [-0.1, -0.05) is 22.9 Å². The Labute approximate surface area is 84.8 Å². The predicted octanol–water partition coefficient (Wildman–Crippen LogP) is 0.640. The first-order valence-corrected chi connectivity index (χ1v) is 6.59. The number of alkyl halides is 1. The highest BCUT2D eigenvalue weighted by atomic mass is 79.9. The van der Waals surface area contributed by atoms with E-state index in [4.69, 9.17) is 0 Å². The summed E-state index contributed by atoms with van der Waals surface area (Å²) in [6.07, 6.45) is 0. The third-order valence-corrected chi connectivity index (χ3v) is 4.18. The van der Waals surface area contributed by atoms with Gasteiger partial charge >= 0.3 is 0 Å². The molecule has 1 atom stereocenters. The lowest BCUT2D eigenvalue weighted by Crippen LogP contribution is -2.46. The SMILES string of the molecule is CCS(=O)N1CCN(CBr)CC1. The number of hydrogen-bond acceptors (Lipinski definition) is 2. The number of hydrogen-bond donors (Lipinski definition) is 0. The van der Waals surface area contributed by atoms with Crippen LogP contribution in [-0.2, 0) is 11.0 Å². The lowest BCUT2D eigenvalue weighted by Gasteiger charge is -2.32. The summed E-state index contributed by atoms with van der Waals surface area (Å²) in [5.41, 5.74) is 0.930. The summed E-state index contributed by atoms with van der Waals surface area (Å²) < 4.78 is 13.4. The number of piperazine rings is 1. The maximum Gasteiger partial charge on any atom is 0.0940 e. The molecule has 1 saturated heterocycles. The minimum absolute atomic E-state index is 0.739. The summed E-state index contributed by atoms with van der Waals surface area (Å²) in [7, 11) is -0.739. The van der Waals surface area contributed by atoms with E-state index in [1.54, 1.807) is 0 Å². The van der Waals surface area contributed by atoms with Crippen molar-refractivity contribution in [2.45, 2.75) is 6.92 Å². The van der Waals surface area contributed by atoms with Gasteiger partial charge < -0.3 is 0 Å². The fourth-order valence-electron chi connectivity index (χ4n) is 1.24. The molecule has 5 heteroatoms. The third kappa shape index (κ3) is 2.80. The van der Waals surface area contributed by atoms with Gasteiger partial charge in [0.2, 0.25) is 0 Å². The van der Waals surface area contributed by atoms with Crippen LogP contribution in [0.1, 0.15) is 6.92 Å². The molecule has 1 fully saturated rings. The third-order valence-electron chi connectivity index (χ3n) is 2.04. The fraction of sp³-hybridized carbons (Fsp3) is 1.00. The second-order valence-corrected chi connectivity index (χ2v) is 5.01. The van der Waals surface area contributed by atoms with Crippen LogP contribution >= 0.6 is 15.9 Å². The van der Waals surface area contributed by atoms with Gasteiger partial charge in [0.15, 0.2) is 0 Å². The molecule has 0 radical (unpaired) electrons. The van der Waals surface area contributed by atoms with Crippen LogP contribution in [0.4, 0.5) is 0 Å². The molecule has 1 aliphatic heterocycles. The summed E-state index contributed by atoms with van der Waals surface area (Å²) in [5, 5.41) is 0. The molecule has 0 aromatic carbocycles. The molecule has 0 bridgehead atoms. The summed E-state index contributed by atoms with van der Waals surface area (Å²) in [5.74, 6) is 0.744. The van der Waals surface area contributed by atoms with E-state index in [0.717, 1.165) is 37.4 Å². The smallest absolute Gasteiger partial charge is 0.0940 e.